The molecular weight excluding hydrogens is 224 g/mol. The van der Waals surface area contributed by atoms with E-state index in [-0.39, 0.29) is 5.78 Å². The molecule has 0 radical (unpaired) electrons. The van der Waals surface area contributed by atoms with Gasteiger partial charge in [-0.15, -0.1) is 0 Å². The van der Waals surface area contributed by atoms with Gasteiger partial charge in [0.05, 0.1) is 5.60 Å². The summed E-state index contributed by atoms with van der Waals surface area (Å²) in [5.74, 6) is 0.712. The van der Waals surface area contributed by atoms with Gasteiger partial charge in [-0.25, -0.2) is 0 Å². The van der Waals surface area contributed by atoms with Crippen LogP contribution in [-0.2, 0) is 4.79 Å². The molecule has 0 aliphatic rings. The van der Waals surface area contributed by atoms with Gasteiger partial charge in [0.1, 0.15) is 0 Å². The van der Waals surface area contributed by atoms with Gasteiger partial charge in [0, 0.05) is 0 Å². The Balaban J connectivity index is 3.87. The molecule has 1 atom stereocenters. The van der Waals surface area contributed by atoms with Crippen LogP contribution in [0.15, 0.2) is 23.8 Å². The molecule has 1 unspecified atom stereocenters. The number of ketones is 1. The van der Waals surface area contributed by atoms with Gasteiger partial charge in [-0.2, -0.15) is 0 Å². The molecule has 0 spiro atoms. The molecule has 104 valence electrons. The molecule has 0 aliphatic heterocycles. The Morgan fingerprint density at radius 3 is 2.44 bits per heavy atom. The summed E-state index contributed by atoms with van der Waals surface area (Å²) in [7, 11) is 0. The minimum absolute atomic E-state index is 0.0929. The van der Waals surface area contributed by atoms with Crippen LogP contribution in [0.1, 0.15) is 60.3 Å². The third-order valence-corrected chi connectivity index (χ3v) is 2.84. The van der Waals surface area contributed by atoms with Crippen LogP contribution in [0.5, 0.6) is 0 Å². The Kier molecular flexibility index (Phi) is 7.85. The number of carbonyl (C=O) groups excluding carboxylic acids is 1. The standard InChI is InChI=1S/C16H28O2/c1-13(10-7-11-16(4,5)18)8-6-9-14(2)12-15(3)17/h6,9,12-13,18H,7-8,10-11H2,1-5H3/b9-6+,14-12+. The molecule has 2 heteroatoms. The van der Waals surface area contributed by atoms with Crippen molar-refractivity contribution in [3.05, 3.63) is 23.8 Å². The van der Waals surface area contributed by atoms with Gasteiger partial charge in [-0.3, -0.25) is 4.79 Å². The topological polar surface area (TPSA) is 37.3 Å². The summed E-state index contributed by atoms with van der Waals surface area (Å²) in [6.45, 7) is 9.44. The lowest BCUT2D eigenvalue weighted by Gasteiger charge is -2.17. The van der Waals surface area contributed by atoms with Gasteiger partial charge < -0.3 is 5.11 Å². The first-order chi connectivity index (χ1) is 8.20. The van der Waals surface area contributed by atoms with Crippen LogP contribution in [-0.4, -0.2) is 16.5 Å². The van der Waals surface area contributed by atoms with E-state index >= 15 is 0 Å². The first kappa shape index (κ1) is 17.1. The molecule has 0 amide bonds. The number of rotatable bonds is 8. The van der Waals surface area contributed by atoms with Crippen molar-refractivity contribution < 1.29 is 9.90 Å². The van der Waals surface area contributed by atoms with E-state index in [9.17, 15) is 9.90 Å². The lowest BCUT2D eigenvalue weighted by Crippen LogP contribution is -2.18. The second-order valence-electron chi connectivity index (χ2n) is 5.95. The van der Waals surface area contributed by atoms with Gasteiger partial charge in [-0.1, -0.05) is 31.9 Å². The number of carbonyl (C=O) groups is 1. The third-order valence-electron chi connectivity index (χ3n) is 2.84. The Morgan fingerprint density at radius 2 is 1.94 bits per heavy atom. The maximum absolute atomic E-state index is 10.9. The zero-order chi connectivity index (χ0) is 14.2. The van der Waals surface area contributed by atoms with Gasteiger partial charge in [0.25, 0.3) is 0 Å². The Labute approximate surface area is 112 Å². The van der Waals surface area contributed by atoms with Crippen molar-refractivity contribution >= 4 is 5.78 Å². The van der Waals surface area contributed by atoms with Crippen molar-refractivity contribution in [3.63, 3.8) is 0 Å². The third kappa shape index (κ3) is 11.6. The highest BCUT2D eigenvalue weighted by Crippen LogP contribution is 2.18. The molecule has 0 saturated heterocycles. The largest absolute Gasteiger partial charge is 0.390 e. The molecule has 0 aromatic rings. The van der Waals surface area contributed by atoms with Crippen molar-refractivity contribution in [2.24, 2.45) is 5.92 Å². The van der Waals surface area contributed by atoms with Crippen LogP contribution in [0.2, 0.25) is 0 Å². The number of aliphatic hydroxyl groups is 1. The zero-order valence-corrected chi connectivity index (χ0v) is 12.5. The van der Waals surface area contributed by atoms with Crippen molar-refractivity contribution in [2.75, 3.05) is 0 Å². The van der Waals surface area contributed by atoms with E-state index < -0.39 is 5.60 Å². The van der Waals surface area contributed by atoms with Crippen LogP contribution in [0.4, 0.5) is 0 Å². The lowest BCUT2D eigenvalue weighted by molar-refractivity contribution is -0.112. The Morgan fingerprint density at radius 1 is 1.33 bits per heavy atom. The molecule has 0 heterocycles. The van der Waals surface area contributed by atoms with Crippen molar-refractivity contribution in [3.8, 4) is 0 Å². The smallest absolute Gasteiger partial charge is 0.152 e. The van der Waals surface area contributed by atoms with Crippen LogP contribution < -0.4 is 0 Å². The normalized spacial score (nSPS) is 15.1. The van der Waals surface area contributed by atoms with E-state index in [4.69, 9.17) is 0 Å². The van der Waals surface area contributed by atoms with Crippen molar-refractivity contribution in [1.29, 1.82) is 0 Å². The van der Waals surface area contributed by atoms with Crippen LogP contribution in [0.25, 0.3) is 0 Å². The van der Waals surface area contributed by atoms with Gasteiger partial charge >= 0.3 is 0 Å². The average molecular weight is 252 g/mol. The average Bonchev–Trinajstić information content (AvgIpc) is 2.13. The Hall–Kier alpha value is -0.890. The molecular formula is C16H28O2. The maximum Gasteiger partial charge on any atom is 0.152 e. The molecule has 0 saturated carbocycles. The van der Waals surface area contributed by atoms with E-state index in [2.05, 4.69) is 13.0 Å². The van der Waals surface area contributed by atoms with E-state index in [0.29, 0.717) is 5.92 Å². The van der Waals surface area contributed by atoms with E-state index in [1.165, 1.54) is 0 Å². The summed E-state index contributed by atoms with van der Waals surface area (Å²) < 4.78 is 0. The van der Waals surface area contributed by atoms with E-state index in [0.717, 1.165) is 31.3 Å². The number of allylic oxidation sites excluding steroid dienone is 4. The fraction of sp³-hybridized carbons (Fsp3) is 0.688. The summed E-state index contributed by atoms with van der Waals surface area (Å²) >= 11 is 0. The molecule has 0 fully saturated rings. The van der Waals surface area contributed by atoms with Gasteiger partial charge in [0.2, 0.25) is 0 Å². The summed E-state index contributed by atoms with van der Waals surface area (Å²) in [6, 6.07) is 0. The van der Waals surface area contributed by atoms with Crippen LogP contribution >= 0.6 is 0 Å². The van der Waals surface area contributed by atoms with Crippen LogP contribution in [0.3, 0.4) is 0 Å². The molecule has 2 nitrogen and oxygen atoms in total. The second-order valence-corrected chi connectivity index (χ2v) is 5.95. The van der Waals surface area contributed by atoms with E-state index in [1.54, 1.807) is 13.0 Å². The van der Waals surface area contributed by atoms with Gasteiger partial charge in [0.15, 0.2) is 5.78 Å². The molecule has 18 heavy (non-hydrogen) atoms. The first-order valence-electron chi connectivity index (χ1n) is 6.78. The number of hydrogen-bond acceptors (Lipinski definition) is 2. The fourth-order valence-electron chi connectivity index (χ4n) is 1.86. The SMILES string of the molecule is CC(=O)/C=C(C)/C=C/CC(C)CCCC(C)(C)O. The highest BCUT2D eigenvalue weighted by molar-refractivity contribution is 5.88. The minimum Gasteiger partial charge on any atom is -0.390 e. The highest BCUT2D eigenvalue weighted by Gasteiger charge is 2.12. The van der Waals surface area contributed by atoms with Crippen molar-refractivity contribution in [1.82, 2.24) is 0 Å². The molecule has 0 aromatic heterocycles. The van der Waals surface area contributed by atoms with Crippen LogP contribution in [0, 0.1) is 5.92 Å². The molecule has 0 aliphatic carbocycles. The Bertz CT molecular complexity index is 306. The molecule has 0 bridgehead atoms. The second kappa shape index (κ2) is 8.25. The predicted octanol–water partition coefficient (Wildman–Crippen LogP) is 4.05. The number of hydrogen-bond donors (Lipinski definition) is 1. The zero-order valence-electron chi connectivity index (χ0n) is 12.5. The lowest BCUT2D eigenvalue weighted by atomic mass is 9.95. The summed E-state index contributed by atoms with van der Waals surface area (Å²) in [4.78, 5) is 10.9. The first-order valence-corrected chi connectivity index (χ1v) is 6.78. The summed E-state index contributed by atoms with van der Waals surface area (Å²) in [6.07, 6.45) is 9.84. The summed E-state index contributed by atoms with van der Waals surface area (Å²) in [5, 5.41) is 9.61. The van der Waals surface area contributed by atoms with Gasteiger partial charge in [-0.05, 0) is 58.1 Å². The maximum atomic E-state index is 10.9. The fourth-order valence-corrected chi connectivity index (χ4v) is 1.86. The molecule has 0 aromatic carbocycles. The molecule has 0 rings (SSSR count). The molecule has 1 N–H and O–H groups in total. The van der Waals surface area contributed by atoms with Crippen molar-refractivity contribution in [2.45, 2.75) is 65.9 Å². The quantitative estimate of drug-likeness (QED) is 0.523. The summed E-state index contributed by atoms with van der Waals surface area (Å²) in [5.41, 5.74) is 0.460. The minimum atomic E-state index is -0.545. The monoisotopic (exact) mass is 252 g/mol. The highest BCUT2D eigenvalue weighted by atomic mass is 16.3. The predicted molar refractivity (Wildman–Crippen MR) is 77.5 cm³/mol. The van der Waals surface area contributed by atoms with E-state index in [1.807, 2.05) is 26.8 Å².